The van der Waals surface area contributed by atoms with Crippen molar-refractivity contribution in [2.75, 3.05) is 13.2 Å². The SMILES string of the molecule is CCCCCCCCCCCCCCC(=O)OC[C@@H](COC(=O)CCCCCCCCCCCCCCCCCCC(C)C)OC(=O)CCCCCCCCCCCCC(C)CC. The minimum absolute atomic E-state index is 0.0630. The van der Waals surface area contributed by atoms with Crippen molar-refractivity contribution in [2.45, 2.75) is 323 Å². The van der Waals surface area contributed by atoms with E-state index in [4.69, 9.17) is 14.2 Å². The van der Waals surface area contributed by atoms with Gasteiger partial charge in [-0.1, -0.05) is 279 Å². The lowest BCUT2D eigenvalue weighted by molar-refractivity contribution is -0.167. The van der Waals surface area contributed by atoms with Gasteiger partial charge in [0.15, 0.2) is 6.10 Å². The van der Waals surface area contributed by atoms with Crippen molar-refractivity contribution >= 4 is 17.9 Å². The number of hydrogen-bond acceptors (Lipinski definition) is 6. The van der Waals surface area contributed by atoms with Crippen LogP contribution in [0.1, 0.15) is 317 Å². The van der Waals surface area contributed by atoms with Gasteiger partial charge in [0.1, 0.15) is 13.2 Å². The van der Waals surface area contributed by atoms with Crippen LogP contribution in [0.5, 0.6) is 0 Å². The predicted octanol–water partition coefficient (Wildman–Crippen LogP) is 18.5. The van der Waals surface area contributed by atoms with Crippen LogP contribution < -0.4 is 0 Å². The molecule has 0 heterocycles. The zero-order valence-corrected chi connectivity index (χ0v) is 43.2. The van der Waals surface area contributed by atoms with Crippen molar-refractivity contribution in [3.8, 4) is 0 Å². The molecule has 0 bridgehead atoms. The van der Waals surface area contributed by atoms with Crippen LogP contribution in [0.25, 0.3) is 0 Å². The molecule has 0 saturated heterocycles. The fourth-order valence-electron chi connectivity index (χ4n) is 8.66. The van der Waals surface area contributed by atoms with Gasteiger partial charge in [-0.3, -0.25) is 14.4 Å². The summed E-state index contributed by atoms with van der Waals surface area (Å²) in [4.78, 5) is 38.1. The number of carbonyl (C=O) groups excluding carboxylic acids is 3. The fraction of sp³-hybridized carbons (Fsp3) is 0.947. The molecule has 0 N–H and O–H groups in total. The van der Waals surface area contributed by atoms with Crippen LogP contribution in [0.15, 0.2) is 0 Å². The summed E-state index contributed by atoms with van der Waals surface area (Å²) < 4.78 is 16.9. The second kappa shape index (κ2) is 49.8. The van der Waals surface area contributed by atoms with Crippen molar-refractivity contribution in [3.63, 3.8) is 0 Å². The Hall–Kier alpha value is -1.59. The maximum atomic E-state index is 12.8. The highest BCUT2D eigenvalue weighted by atomic mass is 16.6. The van der Waals surface area contributed by atoms with E-state index >= 15 is 0 Å². The van der Waals surface area contributed by atoms with Gasteiger partial charge in [-0.2, -0.15) is 0 Å². The molecule has 0 aromatic carbocycles. The summed E-state index contributed by atoms with van der Waals surface area (Å²) in [6, 6.07) is 0. The topological polar surface area (TPSA) is 78.9 Å². The molecule has 0 aliphatic heterocycles. The summed E-state index contributed by atoms with van der Waals surface area (Å²) in [6.45, 7) is 11.4. The second-order valence-corrected chi connectivity index (χ2v) is 20.3. The Morgan fingerprint density at radius 2 is 0.603 bits per heavy atom. The lowest BCUT2D eigenvalue weighted by Crippen LogP contribution is -2.30. The molecule has 0 fully saturated rings. The molecule has 0 aliphatic rings. The number of esters is 3. The van der Waals surface area contributed by atoms with Gasteiger partial charge in [0, 0.05) is 19.3 Å². The van der Waals surface area contributed by atoms with Crippen molar-refractivity contribution in [2.24, 2.45) is 11.8 Å². The van der Waals surface area contributed by atoms with Gasteiger partial charge in [0.05, 0.1) is 0 Å². The van der Waals surface area contributed by atoms with Gasteiger partial charge in [-0.15, -0.1) is 0 Å². The lowest BCUT2D eigenvalue weighted by atomic mass is 9.99. The van der Waals surface area contributed by atoms with Crippen LogP contribution in [0.4, 0.5) is 0 Å². The minimum atomic E-state index is -0.762. The van der Waals surface area contributed by atoms with Crippen molar-refractivity contribution < 1.29 is 28.6 Å². The summed E-state index contributed by atoms with van der Waals surface area (Å²) in [5.41, 5.74) is 0. The molecule has 0 aromatic heterocycles. The third kappa shape index (κ3) is 49.7. The molecule has 1 unspecified atom stereocenters. The molecule has 374 valence electrons. The summed E-state index contributed by atoms with van der Waals surface area (Å²) in [5.74, 6) is 0.878. The summed E-state index contributed by atoms with van der Waals surface area (Å²) in [7, 11) is 0. The highest BCUT2D eigenvalue weighted by Gasteiger charge is 2.19. The van der Waals surface area contributed by atoms with Crippen LogP contribution in [0, 0.1) is 11.8 Å². The molecule has 63 heavy (non-hydrogen) atoms. The van der Waals surface area contributed by atoms with Crippen molar-refractivity contribution in [1.82, 2.24) is 0 Å². The van der Waals surface area contributed by atoms with Crippen LogP contribution >= 0.6 is 0 Å². The molecule has 0 amide bonds. The molecule has 6 heteroatoms. The first-order valence-corrected chi connectivity index (χ1v) is 28.3. The summed E-state index contributed by atoms with van der Waals surface area (Å²) >= 11 is 0. The number of unbranched alkanes of at least 4 members (excludes halogenated alkanes) is 35. The van der Waals surface area contributed by atoms with E-state index in [1.165, 1.54) is 205 Å². The minimum Gasteiger partial charge on any atom is -0.462 e. The van der Waals surface area contributed by atoms with Crippen molar-refractivity contribution in [3.05, 3.63) is 0 Å². The number of carbonyl (C=O) groups is 3. The molecule has 6 nitrogen and oxygen atoms in total. The first-order chi connectivity index (χ1) is 30.8. The number of rotatable bonds is 51. The van der Waals surface area contributed by atoms with E-state index in [1.54, 1.807) is 0 Å². The zero-order valence-electron chi connectivity index (χ0n) is 43.2. The Kier molecular flexibility index (Phi) is 48.6. The molecule has 0 radical (unpaired) electrons. The molecule has 0 rings (SSSR count). The van der Waals surface area contributed by atoms with Gasteiger partial charge >= 0.3 is 17.9 Å². The molecule has 0 spiro atoms. The van der Waals surface area contributed by atoms with E-state index in [0.717, 1.165) is 69.6 Å². The Morgan fingerprint density at radius 1 is 0.333 bits per heavy atom. The Balaban J connectivity index is 4.27. The van der Waals surface area contributed by atoms with E-state index in [0.29, 0.717) is 19.3 Å². The van der Waals surface area contributed by atoms with Gasteiger partial charge < -0.3 is 14.2 Å². The van der Waals surface area contributed by atoms with E-state index in [2.05, 4.69) is 34.6 Å². The predicted molar refractivity (Wildman–Crippen MR) is 270 cm³/mol. The second-order valence-electron chi connectivity index (χ2n) is 20.3. The average molecular weight is 892 g/mol. The van der Waals surface area contributed by atoms with Gasteiger partial charge in [-0.05, 0) is 31.1 Å². The maximum absolute atomic E-state index is 12.8. The maximum Gasteiger partial charge on any atom is 0.306 e. The molecular formula is C57H110O6. The number of ether oxygens (including phenoxy) is 3. The third-order valence-electron chi connectivity index (χ3n) is 13.3. The van der Waals surface area contributed by atoms with Gasteiger partial charge in [0.25, 0.3) is 0 Å². The number of hydrogen-bond donors (Lipinski definition) is 0. The van der Waals surface area contributed by atoms with E-state index in [1.807, 2.05) is 0 Å². The molecule has 0 saturated carbocycles. The quantitative estimate of drug-likeness (QED) is 0.0344. The fourth-order valence-corrected chi connectivity index (χ4v) is 8.66. The molecular weight excluding hydrogens is 781 g/mol. The lowest BCUT2D eigenvalue weighted by Gasteiger charge is -2.18. The largest absolute Gasteiger partial charge is 0.462 e. The standard InChI is InChI=1S/C57H110O6/c1-6-8-9-10-11-12-13-21-27-32-37-42-47-55(58)61-50-54(63-57(60)49-44-39-34-29-24-23-26-31-36-41-46-53(5)7-2)51-62-56(59)48-43-38-33-28-22-19-17-15-14-16-18-20-25-30-35-40-45-52(3)4/h52-54H,6-51H2,1-5H3/t53?,54-/m0/s1. The zero-order chi connectivity index (χ0) is 46.1. The van der Waals surface area contributed by atoms with E-state index < -0.39 is 6.10 Å². The Bertz CT molecular complexity index is 964. The smallest absolute Gasteiger partial charge is 0.306 e. The summed E-state index contributed by atoms with van der Waals surface area (Å²) in [5, 5.41) is 0. The Morgan fingerprint density at radius 3 is 0.905 bits per heavy atom. The Labute approximate surface area is 393 Å². The highest BCUT2D eigenvalue weighted by molar-refractivity contribution is 5.71. The van der Waals surface area contributed by atoms with Gasteiger partial charge in [0.2, 0.25) is 0 Å². The summed E-state index contributed by atoms with van der Waals surface area (Å²) in [6.07, 6.45) is 52.3. The normalized spacial score (nSPS) is 12.5. The van der Waals surface area contributed by atoms with Crippen LogP contribution in [-0.4, -0.2) is 37.2 Å². The van der Waals surface area contributed by atoms with E-state index in [-0.39, 0.29) is 31.1 Å². The van der Waals surface area contributed by atoms with Crippen LogP contribution in [0.3, 0.4) is 0 Å². The van der Waals surface area contributed by atoms with E-state index in [9.17, 15) is 14.4 Å². The molecule has 0 aliphatic carbocycles. The highest BCUT2D eigenvalue weighted by Crippen LogP contribution is 2.18. The first-order valence-electron chi connectivity index (χ1n) is 28.3. The molecule has 2 atom stereocenters. The average Bonchev–Trinajstić information content (AvgIpc) is 3.27. The monoisotopic (exact) mass is 891 g/mol. The first kappa shape index (κ1) is 61.4. The van der Waals surface area contributed by atoms with Gasteiger partial charge in [-0.25, -0.2) is 0 Å². The van der Waals surface area contributed by atoms with Crippen molar-refractivity contribution in [1.29, 1.82) is 0 Å². The third-order valence-corrected chi connectivity index (χ3v) is 13.3. The molecule has 0 aromatic rings. The van der Waals surface area contributed by atoms with Crippen LogP contribution in [-0.2, 0) is 28.6 Å². The van der Waals surface area contributed by atoms with Crippen LogP contribution in [0.2, 0.25) is 0 Å².